The summed E-state index contributed by atoms with van der Waals surface area (Å²) in [6.07, 6.45) is 12.7. The largest absolute Gasteiger partial charge is 0.357 e. The van der Waals surface area contributed by atoms with Gasteiger partial charge >= 0.3 is 0 Å². The van der Waals surface area contributed by atoms with Crippen molar-refractivity contribution in [2.75, 3.05) is 31.1 Å². The highest BCUT2D eigenvalue weighted by Crippen LogP contribution is 2.35. The molecule has 0 bridgehead atoms. The van der Waals surface area contributed by atoms with Crippen molar-refractivity contribution >= 4 is 11.7 Å². The lowest BCUT2D eigenvalue weighted by Gasteiger charge is -2.37. The van der Waals surface area contributed by atoms with Gasteiger partial charge in [0.05, 0.1) is 0 Å². The molecular formula is C22H34N4O. The smallest absolute Gasteiger partial charge is 0.225 e. The molecule has 1 amide bonds. The van der Waals surface area contributed by atoms with Gasteiger partial charge in [0.25, 0.3) is 0 Å². The van der Waals surface area contributed by atoms with Crippen LogP contribution in [-0.2, 0) is 4.79 Å². The molecule has 3 heterocycles. The predicted molar refractivity (Wildman–Crippen MR) is 108 cm³/mol. The molecule has 0 radical (unpaired) electrons. The molecule has 27 heavy (non-hydrogen) atoms. The highest BCUT2D eigenvalue weighted by atomic mass is 16.2. The second-order valence-electron chi connectivity index (χ2n) is 8.84. The van der Waals surface area contributed by atoms with E-state index < -0.39 is 0 Å². The Labute approximate surface area is 163 Å². The first-order valence-corrected chi connectivity index (χ1v) is 11.0. The van der Waals surface area contributed by atoms with Gasteiger partial charge in [0.15, 0.2) is 0 Å². The van der Waals surface area contributed by atoms with E-state index in [-0.39, 0.29) is 0 Å². The first-order chi connectivity index (χ1) is 13.2. The van der Waals surface area contributed by atoms with Crippen LogP contribution in [0.2, 0.25) is 0 Å². The summed E-state index contributed by atoms with van der Waals surface area (Å²) in [6, 6.07) is 2.10. The summed E-state index contributed by atoms with van der Waals surface area (Å²) in [5.74, 6) is 3.48. The van der Waals surface area contributed by atoms with E-state index in [9.17, 15) is 4.79 Å². The third-order valence-electron chi connectivity index (χ3n) is 7.11. The Bertz CT molecular complexity index is 635. The van der Waals surface area contributed by atoms with Crippen molar-refractivity contribution in [2.45, 2.75) is 64.7 Å². The standard InChI is InChI=1S/C22H34N4O/c1-17-15-21(24-16-23-17)25-11-4-7-18(8-12-25)19-9-13-26(14-10-19)22(27)20-5-2-3-6-20/h15-16,18-20H,2-14H2,1H3. The van der Waals surface area contributed by atoms with Crippen molar-refractivity contribution in [1.29, 1.82) is 0 Å². The average molecular weight is 371 g/mol. The summed E-state index contributed by atoms with van der Waals surface area (Å²) in [5.41, 5.74) is 1.04. The summed E-state index contributed by atoms with van der Waals surface area (Å²) in [4.78, 5) is 26.0. The summed E-state index contributed by atoms with van der Waals surface area (Å²) >= 11 is 0. The SMILES string of the molecule is Cc1cc(N2CCCC(C3CCN(C(=O)C4CCCC4)CC3)CC2)ncn1. The van der Waals surface area contributed by atoms with Crippen LogP contribution in [0.25, 0.3) is 0 Å². The predicted octanol–water partition coefficient (Wildman–Crippen LogP) is 3.82. The number of anilines is 1. The van der Waals surface area contributed by atoms with Crippen molar-refractivity contribution in [3.8, 4) is 0 Å². The van der Waals surface area contributed by atoms with Crippen molar-refractivity contribution in [3.05, 3.63) is 18.1 Å². The van der Waals surface area contributed by atoms with Gasteiger partial charge in [-0.15, -0.1) is 0 Å². The monoisotopic (exact) mass is 370 g/mol. The van der Waals surface area contributed by atoms with Crippen LogP contribution in [0, 0.1) is 24.7 Å². The summed E-state index contributed by atoms with van der Waals surface area (Å²) in [5, 5.41) is 0. The molecule has 0 spiro atoms. The number of hydrogen-bond acceptors (Lipinski definition) is 4. The second-order valence-corrected chi connectivity index (χ2v) is 8.84. The lowest BCUT2D eigenvalue weighted by molar-refractivity contribution is -0.137. The number of likely N-dealkylation sites (tertiary alicyclic amines) is 1. The Balaban J connectivity index is 1.28. The minimum Gasteiger partial charge on any atom is -0.357 e. The zero-order valence-corrected chi connectivity index (χ0v) is 16.8. The molecule has 1 aromatic rings. The molecule has 1 saturated carbocycles. The lowest BCUT2D eigenvalue weighted by Crippen LogP contribution is -2.42. The van der Waals surface area contributed by atoms with Crippen molar-refractivity contribution in [2.24, 2.45) is 17.8 Å². The zero-order valence-electron chi connectivity index (χ0n) is 16.8. The Hall–Kier alpha value is -1.65. The van der Waals surface area contributed by atoms with Crippen LogP contribution in [0.5, 0.6) is 0 Å². The number of nitrogens with zero attached hydrogens (tertiary/aromatic N) is 4. The van der Waals surface area contributed by atoms with Crippen LogP contribution >= 0.6 is 0 Å². The normalized spacial score (nSPS) is 25.6. The Morgan fingerprint density at radius 3 is 2.33 bits per heavy atom. The number of aryl methyl sites for hydroxylation is 1. The van der Waals surface area contributed by atoms with E-state index in [0.717, 1.165) is 62.4 Å². The van der Waals surface area contributed by atoms with E-state index in [1.54, 1.807) is 6.33 Å². The van der Waals surface area contributed by atoms with E-state index in [4.69, 9.17) is 0 Å². The zero-order chi connectivity index (χ0) is 18.6. The molecule has 4 rings (SSSR count). The number of carbonyl (C=O) groups excluding carboxylic acids is 1. The molecule has 1 atom stereocenters. The molecule has 1 unspecified atom stereocenters. The van der Waals surface area contributed by atoms with Crippen LogP contribution in [0.3, 0.4) is 0 Å². The number of carbonyl (C=O) groups is 1. The van der Waals surface area contributed by atoms with E-state index >= 15 is 0 Å². The maximum absolute atomic E-state index is 12.7. The van der Waals surface area contributed by atoms with Crippen LogP contribution in [0.15, 0.2) is 12.4 Å². The molecule has 1 aliphatic carbocycles. The Morgan fingerprint density at radius 1 is 0.889 bits per heavy atom. The molecular weight excluding hydrogens is 336 g/mol. The van der Waals surface area contributed by atoms with Crippen molar-refractivity contribution in [3.63, 3.8) is 0 Å². The number of aromatic nitrogens is 2. The molecule has 148 valence electrons. The fourth-order valence-corrected chi connectivity index (χ4v) is 5.46. The molecule has 1 aromatic heterocycles. The minimum absolute atomic E-state index is 0.337. The van der Waals surface area contributed by atoms with Crippen LogP contribution < -0.4 is 4.90 Å². The highest BCUT2D eigenvalue weighted by molar-refractivity contribution is 5.79. The van der Waals surface area contributed by atoms with Gasteiger partial charge in [-0.05, 0) is 63.7 Å². The van der Waals surface area contributed by atoms with Gasteiger partial charge in [-0.3, -0.25) is 4.79 Å². The molecule has 5 heteroatoms. The molecule has 3 fully saturated rings. The third-order valence-corrected chi connectivity index (χ3v) is 7.11. The van der Waals surface area contributed by atoms with E-state index in [1.807, 2.05) is 6.92 Å². The van der Waals surface area contributed by atoms with Crippen molar-refractivity contribution in [1.82, 2.24) is 14.9 Å². The van der Waals surface area contributed by atoms with Gasteiger partial charge in [-0.25, -0.2) is 9.97 Å². The van der Waals surface area contributed by atoms with Gasteiger partial charge < -0.3 is 9.80 Å². The first kappa shape index (κ1) is 18.7. The second kappa shape index (κ2) is 8.57. The van der Waals surface area contributed by atoms with Gasteiger partial charge in [0.2, 0.25) is 5.91 Å². The molecule has 0 aromatic carbocycles. The molecule has 2 saturated heterocycles. The van der Waals surface area contributed by atoms with E-state index in [0.29, 0.717) is 11.8 Å². The van der Waals surface area contributed by atoms with Crippen LogP contribution in [0.1, 0.15) is 63.5 Å². The number of piperidine rings is 1. The van der Waals surface area contributed by atoms with E-state index in [2.05, 4.69) is 25.8 Å². The fraction of sp³-hybridized carbons (Fsp3) is 0.773. The summed E-state index contributed by atoms with van der Waals surface area (Å²) < 4.78 is 0. The highest BCUT2D eigenvalue weighted by Gasteiger charge is 2.33. The maximum atomic E-state index is 12.7. The molecule has 5 nitrogen and oxygen atoms in total. The Kier molecular flexibility index (Phi) is 5.94. The molecule has 0 N–H and O–H groups in total. The quantitative estimate of drug-likeness (QED) is 0.811. The van der Waals surface area contributed by atoms with Gasteiger partial charge in [-0.1, -0.05) is 12.8 Å². The Morgan fingerprint density at radius 2 is 1.59 bits per heavy atom. The maximum Gasteiger partial charge on any atom is 0.225 e. The third kappa shape index (κ3) is 4.44. The van der Waals surface area contributed by atoms with Crippen LogP contribution in [0.4, 0.5) is 5.82 Å². The number of rotatable bonds is 3. The van der Waals surface area contributed by atoms with Crippen LogP contribution in [-0.4, -0.2) is 47.0 Å². The number of hydrogen-bond donors (Lipinski definition) is 0. The lowest BCUT2D eigenvalue weighted by atomic mass is 9.80. The summed E-state index contributed by atoms with van der Waals surface area (Å²) in [7, 11) is 0. The summed E-state index contributed by atoms with van der Waals surface area (Å²) in [6.45, 7) is 6.22. The van der Waals surface area contributed by atoms with Gasteiger partial charge in [0.1, 0.15) is 12.1 Å². The van der Waals surface area contributed by atoms with Gasteiger partial charge in [0, 0.05) is 43.9 Å². The molecule has 3 aliphatic rings. The average Bonchev–Trinajstić information content (AvgIpc) is 3.12. The number of amides is 1. The first-order valence-electron chi connectivity index (χ1n) is 11.0. The van der Waals surface area contributed by atoms with Crippen molar-refractivity contribution < 1.29 is 4.79 Å². The van der Waals surface area contributed by atoms with Gasteiger partial charge in [-0.2, -0.15) is 0 Å². The topological polar surface area (TPSA) is 49.3 Å². The minimum atomic E-state index is 0.337. The molecule has 2 aliphatic heterocycles. The van der Waals surface area contributed by atoms with E-state index in [1.165, 1.54) is 44.9 Å². The fourth-order valence-electron chi connectivity index (χ4n) is 5.46.